The molecule has 7 nitrogen and oxygen atoms in total. The molecule has 3 N–H and O–H groups in total. The van der Waals surface area contributed by atoms with Crippen LogP contribution in [0.4, 0.5) is 10.1 Å². The van der Waals surface area contributed by atoms with Crippen molar-refractivity contribution in [2.45, 2.75) is 6.42 Å². The SMILES string of the molecule is CN=C(N)c1ccc(C(=O)Nc2ccc(OC)cc2C(=O)Cc2ccc(Cl)cn2)c(F)c1. The van der Waals surface area contributed by atoms with Crippen LogP contribution < -0.4 is 15.8 Å². The standard InChI is InChI=1S/C23H20ClFN4O3/c1-27-22(26)13-3-7-17(19(25)9-13)23(31)29-20-8-6-16(32-2)11-18(20)21(30)10-15-5-4-14(24)12-28-15/h3-9,11-12H,10H2,1-2H3,(H2,26,27)(H,29,31). The molecule has 0 radical (unpaired) electrons. The van der Waals surface area contributed by atoms with Gasteiger partial charge in [0.05, 0.1) is 29.8 Å². The molecule has 0 aliphatic carbocycles. The lowest BCUT2D eigenvalue weighted by Gasteiger charge is -2.13. The number of hydrogen-bond donors (Lipinski definition) is 2. The predicted molar refractivity (Wildman–Crippen MR) is 121 cm³/mol. The molecule has 0 spiro atoms. The van der Waals surface area contributed by atoms with Crippen molar-refractivity contribution in [1.82, 2.24) is 4.98 Å². The number of aliphatic imine (C=N–C) groups is 1. The fraction of sp³-hybridized carbons (Fsp3) is 0.130. The van der Waals surface area contributed by atoms with Crippen molar-refractivity contribution < 1.29 is 18.7 Å². The van der Waals surface area contributed by atoms with Gasteiger partial charge in [-0.2, -0.15) is 0 Å². The third-order valence-corrected chi connectivity index (χ3v) is 4.88. The molecule has 0 saturated carbocycles. The highest BCUT2D eigenvalue weighted by molar-refractivity contribution is 6.30. The van der Waals surface area contributed by atoms with E-state index in [0.29, 0.717) is 22.0 Å². The van der Waals surface area contributed by atoms with Crippen LogP contribution in [0.5, 0.6) is 5.75 Å². The summed E-state index contributed by atoms with van der Waals surface area (Å²) in [7, 11) is 2.94. The lowest BCUT2D eigenvalue weighted by molar-refractivity contribution is 0.0992. The molecule has 0 bridgehead atoms. The number of ketones is 1. The molecule has 0 saturated heterocycles. The molecule has 9 heteroatoms. The first kappa shape index (κ1) is 22.9. The molecule has 0 unspecified atom stereocenters. The molecule has 3 aromatic rings. The summed E-state index contributed by atoms with van der Waals surface area (Å²) in [6.45, 7) is 0. The van der Waals surface area contributed by atoms with E-state index in [-0.39, 0.29) is 34.9 Å². The number of nitrogens with zero attached hydrogens (tertiary/aromatic N) is 2. The number of nitrogens with two attached hydrogens (primary N) is 1. The number of benzene rings is 2. The molecule has 0 atom stereocenters. The van der Waals surface area contributed by atoms with Crippen molar-refractivity contribution in [2.75, 3.05) is 19.5 Å². The molecule has 1 amide bonds. The van der Waals surface area contributed by atoms with Gasteiger partial charge in [-0.3, -0.25) is 19.6 Å². The molecular formula is C23H20ClFN4O3. The Hall–Kier alpha value is -3.78. The summed E-state index contributed by atoms with van der Waals surface area (Å²) in [5.74, 6) is -1.21. The number of pyridine rings is 1. The third kappa shape index (κ3) is 5.28. The Morgan fingerprint density at radius 3 is 2.56 bits per heavy atom. The Bertz CT molecular complexity index is 1200. The van der Waals surface area contributed by atoms with E-state index in [1.54, 1.807) is 18.2 Å². The van der Waals surface area contributed by atoms with Gasteiger partial charge in [0.2, 0.25) is 0 Å². The van der Waals surface area contributed by atoms with E-state index in [9.17, 15) is 14.0 Å². The smallest absolute Gasteiger partial charge is 0.258 e. The quantitative estimate of drug-likeness (QED) is 0.320. The molecule has 3 rings (SSSR count). The fourth-order valence-electron chi connectivity index (χ4n) is 2.94. The molecular weight excluding hydrogens is 435 g/mol. The zero-order chi connectivity index (χ0) is 23.3. The van der Waals surface area contributed by atoms with Gasteiger partial charge in [-0.05, 0) is 42.5 Å². The minimum atomic E-state index is -0.765. The van der Waals surface area contributed by atoms with Crippen LogP contribution in [0, 0.1) is 5.82 Å². The van der Waals surface area contributed by atoms with E-state index in [4.69, 9.17) is 22.1 Å². The van der Waals surface area contributed by atoms with Crippen LogP contribution in [0.15, 0.2) is 59.7 Å². The maximum atomic E-state index is 14.5. The monoisotopic (exact) mass is 454 g/mol. The Balaban J connectivity index is 1.88. The topological polar surface area (TPSA) is 107 Å². The summed E-state index contributed by atoms with van der Waals surface area (Å²) < 4.78 is 19.7. The van der Waals surface area contributed by atoms with Crippen molar-refractivity contribution >= 4 is 34.8 Å². The Kier molecular flexibility index (Phi) is 7.17. The van der Waals surface area contributed by atoms with Gasteiger partial charge in [0.15, 0.2) is 5.78 Å². The summed E-state index contributed by atoms with van der Waals surface area (Å²) in [6, 6.07) is 11.8. The second-order valence-electron chi connectivity index (χ2n) is 6.74. The highest BCUT2D eigenvalue weighted by Crippen LogP contribution is 2.25. The van der Waals surface area contributed by atoms with Crippen molar-refractivity contribution in [2.24, 2.45) is 10.7 Å². The molecule has 0 aliphatic rings. The normalized spacial score (nSPS) is 11.2. The number of methoxy groups -OCH3 is 1. The molecule has 2 aromatic carbocycles. The maximum Gasteiger partial charge on any atom is 0.258 e. The van der Waals surface area contributed by atoms with Gasteiger partial charge in [-0.15, -0.1) is 0 Å². The van der Waals surface area contributed by atoms with Crippen molar-refractivity contribution in [1.29, 1.82) is 0 Å². The van der Waals surface area contributed by atoms with Gasteiger partial charge < -0.3 is 15.8 Å². The number of carbonyl (C=O) groups is 2. The number of aromatic nitrogens is 1. The number of carbonyl (C=O) groups excluding carboxylic acids is 2. The molecule has 1 heterocycles. The van der Waals surface area contributed by atoms with E-state index >= 15 is 0 Å². The van der Waals surface area contributed by atoms with Crippen LogP contribution in [-0.4, -0.2) is 36.7 Å². The first-order chi connectivity index (χ1) is 15.3. The van der Waals surface area contributed by atoms with Crippen LogP contribution in [-0.2, 0) is 6.42 Å². The van der Waals surface area contributed by atoms with Crippen molar-refractivity contribution in [3.63, 3.8) is 0 Å². The van der Waals surface area contributed by atoms with Gasteiger partial charge in [0.1, 0.15) is 17.4 Å². The lowest BCUT2D eigenvalue weighted by atomic mass is 10.0. The first-order valence-corrected chi connectivity index (χ1v) is 9.85. The molecule has 1 aromatic heterocycles. The fourth-order valence-corrected chi connectivity index (χ4v) is 3.05. The summed E-state index contributed by atoms with van der Waals surface area (Å²) in [5.41, 5.74) is 6.77. The van der Waals surface area contributed by atoms with Crippen molar-refractivity contribution in [3.05, 3.63) is 88.0 Å². The van der Waals surface area contributed by atoms with Crippen LogP contribution in [0.1, 0.15) is 32.0 Å². The minimum Gasteiger partial charge on any atom is -0.497 e. The van der Waals surface area contributed by atoms with Gasteiger partial charge in [-0.25, -0.2) is 4.39 Å². The van der Waals surface area contributed by atoms with Crippen LogP contribution in [0.3, 0.4) is 0 Å². The van der Waals surface area contributed by atoms with Gasteiger partial charge in [0.25, 0.3) is 5.91 Å². The van der Waals surface area contributed by atoms with Crippen molar-refractivity contribution in [3.8, 4) is 5.75 Å². The minimum absolute atomic E-state index is 0.0219. The third-order valence-electron chi connectivity index (χ3n) is 4.66. The number of nitrogens with one attached hydrogen (secondary N) is 1. The van der Waals surface area contributed by atoms with Gasteiger partial charge in [-0.1, -0.05) is 17.7 Å². The van der Waals surface area contributed by atoms with Gasteiger partial charge >= 0.3 is 0 Å². The predicted octanol–water partition coefficient (Wildman–Crippen LogP) is 3.90. The maximum absolute atomic E-state index is 14.5. The second-order valence-corrected chi connectivity index (χ2v) is 7.17. The second kappa shape index (κ2) is 10.0. The Labute approximate surface area is 189 Å². The largest absolute Gasteiger partial charge is 0.497 e. The van der Waals surface area contributed by atoms with Crippen LogP contribution in [0.2, 0.25) is 5.02 Å². The number of hydrogen-bond acceptors (Lipinski definition) is 5. The number of anilines is 1. The number of amides is 1. The summed E-state index contributed by atoms with van der Waals surface area (Å²) in [4.78, 5) is 33.6. The molecule has 164 valence electrons. The zero-order valence-electron chi connectivity index (χ0n) is 17.4. The zero-order valence-corrected chi connectivity index (χ0v) is 18.1. The molecule has 0 fully saturated rings. The lowest BCUT2D eigenvalue weighted by Crippen LogP contribution is -2.18. The number of ether oxygens (including phenoxy) is 1. The highest BCUT2D eigenvalue weighted by Gasteiger charge is 2.19. The Morgan fingerprint density at radius 1 is 1.16 bits per heavy atom. The number of rotatable bonds is 7. The van der Waals surface area contributed by atoms with E-state index in [1.807, 2.05) is 0 Å². The Morgan fingerprint density at radius 2 is 1.94 bits per heavy atom. The average Bonchev–Trinajstić information content (AvgIpc) is 2.80. The van der Waals surface area contributed by atoms with Gasteiger partial charge in [0, 0.05) is 30.1 Å². The summed E-state index contributed by atoms with van der Waals surface area (Å²) in [6.07, 6.45) is 1.42. The number of amidine groups is 1. The number of Topliss-reactive ketones (excluding diaryl/α,β-unsaturated/α-hetero) is 1. The molecule has 0 aliphatic heterocycles. The molecule has 32 heavy (non-hydrogen) atoms. The van der Waals surface area contributed by atoms with E-state index in [1.165, 1.54) is 44.6 Å². The van der Waals surface area contributed by atoms with E-state index in [2.05, 4.69) is 15.3 Å². The highest BCUT2D eigenvalue weighted by atomic mass is 35.5. The first-order valence-electron chi connectivity index (χ1n) is 9.47. The van der Waals surface area contributed by atoms with Crippen LogP contribution in [0.25, 0.3) is 0 Å². The average molecular weight is 455 g/mol. The van der Waals surface area contributed by atoms with E-state index in [0.717, 1.165) is 6.07 Å². The number of halogens is 2. The van der Waals surface area contributed by atoms with Crippen LogP contribution >= 0.6 is 11.6 Å². The summed E-state index contributed by atoms with van der Waals surface area (Å²) >= 11 is 5.84. The summed E-state index contributed by atoms with van der Waals surface area (Å²) in [5, 5.41) is 3.05. The van der Waals surface area contributed by atoms with E-state index < -0.39 is 11.7 Å².